The van der Waals surface area contributed by atoms with Crippen molar-refractivity contribution in [3.63, 3.8) is 0 Å². The zero-order valence-electron chi connectivity index (χ0n) is 15.8. The molecule has 1 aliphatic heterocycles. The molecule has 3 rings (SSSR count). The number of aromatic nitrogens is 2. The van der Waals surface area contributed by atoms with Crippen LogP contribution in [0.25, 0.3) is 6.08 Å². The Hall–Kier alpha value is -2.73. The van der Waals surface area contributed by atoms with Crippen LogP contribution >= 0.6 is 0 Å². The third-order valence-corrected chi connectivity index (χ3v) is 4.56. The van der Waals surface area contributed by atoms with Crippen molar-refractivity contribution in [2.24, 2.45) is 0 Å². The molecule has 0 saturated carbocycles. The molecule has 0 aliphatic carbocycles. The van der Waals surface area contributed by atoms with E-state index in [1.807, 2.05) is 23.1 Å². The Bertz CT molecular complexity index is 737. The van der Waals surface area contributed by atoms with Gasteiger partial charge in [-0.1, -0.05) is 49.4 Å². The van der Waals surface area contributed by atoms with Crippen LogP contribution in [0, 0.1) is 0 Å². The summed E-state index contributed by atoms with van der Waals surface area (Å²) in [6.07, 6.45) is 8.54. The minimum absolute atomic E-state index is 0.0379. The lowest BCUT2D eigenvalue weighted by Crippen LogP contribution is -2.48. The van der Waals surface area contributed by atoms with Gasteiger partial charge in [0, 0.05) is 39.3 Å². The highest BCUT2D eigenvalue weighted by Gasteiger charge is 2.22. The SMILES string of the molecule is CCCNc1cnc(C(=O)N2CCN(C/C=C/c3ccccc3)CC2)cn1. The first-order chi connectivity index (χ1) is 13.3. The highest BCUT2D eigenvalue weighted by atomic mass is 16.2. The second-order valence-corrected chi connectivity index (χ2v) is 6.62. The van der Waals surface area contributed by atoms with E-state index in [2.05, 4.69) is 51.4 Å². The number of amides is 1. The van der Waals surface area contributed by atoms with Gasteiger partial charge in [-0.2, -0.15) is 0 Å². The third kappa shape index (κ3) is 5.62. The predicted octanol–water partition coefficient (Wildman–Crippen LogP) is 2.77. The zero-order chi connectivity index (χ0) is 18.9. The number of benzene rings is 1. The normalized spacial score (nSPS) is 15.2. The van der Waals surface area contributed by atoms with Gasteiger partial charge in [-0.15, -0.1) is 0 Å². The first-order valence-electron chi connectivity index (χ1n) is 9.55. The van der Waals surface area contributed by atoms with Crippen molar-refractivity contribution in [3.05, 3.63) is 60.1 Å². The molecule has 1 aliphatic rings. The highest BCUT2D eigenvalue weighted by molar-refractivity contribution is 5.92. The molecule has 6 nitrogen and oxygen atoms in total. The average molecular weight is 365 g/mol. The van der Waals surface area contributed by atoms with Gasteiger partial charge in [0.25, 0.3) is 5.91 Å². The Morgan fingerprint density at radius 3 is 2.56 bits per heavy atom. The van der Waals surface area contributed by atoms with Crippen molar-refractivity contribution in [3.8, 4) is 0 Å². The van der Waals surface area contributed by atoms with Gasteiger partial charge in [-0.3, -0.25) is 9.69 Å². The molecule has 142 valence electrons. The summed E-state index contributed by atoms with van der Waals surface area (Å²) in [7, 11) is 0. The summed E-state index contributed by atoms with van der Waals surface area (Å²) < 4.78 is 0. The van der Waals surface area contributed by atoms with Crippen LogP contribution in [0.4, 0.5) is 5.82 Å². The number of carbonyl (C=O) groups is 1. The first-order valence-corrected chi connectivity index (χ1v) is 9.55. The van der Waals surface area contributed by atoms with Gasteiger partial charge in [-0.05, 0) is 12.0 Å². The van der Waals surface area contributed by atoms with Gasteiger partial charge in [0.05, 0.1) is 12.4 Å². The average Bonchev–Trinajstić information content (AvgIpc) is 2.73. The molecule has 1 amide bonds. The number of rotatable bonds is 7. The number of piperazine rings is 1. The molecule has 1 aromatic carbocycles. The summed E-state index contributed by atoms with van der Waals surface area (Å²) in [5.74, 6) is 0.674. The van der Waals surface area contributed by atoms with Gasteiger partial charge in [0.15, 0.2) is 0 Å². The number of carbonyl (C=O) groups excluding carboxylic acids is 1. The lowest BCUT2D eigenvalue weighted by molar-refractivity contribution is 0.0644. The Morgan fingerprint density at radius 1 is 1.11 bits per heavy atom. The molecule has 1 aromatic heterocycles. The Kier molecular flexibility index (Phi) is 6.93. The van der Waals surface area contributed by atoms with Gasteiger partial charge in [0.1, 0.15) is 11.5 Å². The number of hydrogen-bond donors (Lipinski definition) is 1. The van der Waals surface area contributed by atoms with Crippen molar-refractivity contribution in [1.29, 1.82) is 0 Å². The maximum atomic E-state index is 12.6. The topological polar surface area (TPSA) is 61.4 Å². The van der Waals surface area contributed by atoms with Crippen LogP contribution in [0.5, 0.6) is 0 Å². The number of nitrogens with one attached hydrogen (secondary N) is 1. The molecule has 2 heterocycles. The van der Waals surface area contributed by atoms with Crippen LogP contribution < -0.4 is 5.32 Å². The van der Waals surface area contributed by atoms with E-state index in [-0.39, 0.29) is 5.91 Å². The molecule has 1 saturated heterocycles. The van der Waals surface area contributed by atoms with Gasteiger partial charge in [0.2, 0.25) is 0 Å². The minimum atomic E-state index is -0.0379. The van der Waals surface area contributed by atoms with Crippen LogP contribution in [-0.2, 0) is 0 Å². The van der Waals surface area contributed by atoms with Crippen LogP contribution in [0.1, 0.15) is 29.4 Å². The van der Waals surface area contributed by atoms with Crippen LogP contribution in [0.3, 0.4) is 0 Å². The van der Waals surface area contributed by atoms with Crippen LogP contribution in [0.2, 0.25) is 0 Å². The smallest absolute Gasteiger partial charge is 0.274 e. The van der Waals surface area contributed by atoms with E-state index in [0.29, 0.717) is 11.5 Å². The molecule has 1 N–H and O–H groups in total. The maximum absolute atomic E-state index is 12.6. The molecule has 27 heavy (non-hydrogen) atoms. The fourth-order valence-corrected chi connectivity index (χ4v) is 2.98. The Morgan fingerprint density at radius 2 is 1.89 bits per heavy atom. The molecular formula is C21H27N5O. The number of anilines is 1. The molecule has 2 aromatic rings. The lowest BCUT2D eigenvalue weighted by Gasteiger charge is -2.33. The van der Waals surface area contributed by atoms with Crippen molar-refractivity contribution in [1.82, 2.24) is 19.8 Å². The van der Waals surface area contributed by atoms with Crippen molar-refractivity contribution in [2.75, 3.05) is 44.6 Å². The van der Waals surface area contributed by atoms with Crippen LogP contribution in [-0.4, -0.2) is 64.9 Å². The monoisotopic (exact) mass is 365 g/mol. The summed E-state index contributed by atoms with van der Waals surface area (Å²) in [4.78, 5) is 25.4. The van der Waals surface area contributed by atoms with E-state index in [0.717, 1.165) is 45.7 Å². The van der Waals surface area contributed by atoms with Crippen molar-refractivity contribution in [2.45, 2.75) is 13.3 Å². The van der Waals surface area contributed by atoms with Crippen LogP contribution in [0.15, 0.2) is 48.8 Å². The number of nitrogens with zero attached hydrogens (tertiary/aromatic N) is 4. The van der Waals surface area contributed by atoms with E-state index in [9.17, 15) is 4.79 Å². The fraction of sp³-hybridized carbons (Fsp3) is 0.381. The quantitative estimate of drug-likeness (QED) is 0.817. The molecule has 0 atom stereocenters. The standard InChI is InChI=1S/C21H27N5O/c1-2-10-22-20-17-23-19(16-24-20)21(27)26-14-12-25(13-15-26)11-6-9-18-7-4-3-5-8-18/h3-9,16-17H,2,10-15H2,1H3,(H,22,24)/b9-6+. The zero-order valence-corrected chi connectivity index (χ0v) is 15.8. The van der Waals surface area contributed by atoms with Gasteiger partial charge < -0.3 is 10.2 Å². The largest absolute Gasteiger partial charge is 0.369 e. The van der Waals surface area contributed by atoms with Gasteiger partial charge in [-0.25, -0.2) is 9.97 Å². The van der Waals surface area contributed by atoms with Crippen molar-refractivity contribution < 1.29 is 4.79 Å². The molecule has 1 fully saturated rings. The third-order valence-electron chi connectivity index (χ3n) is 4.56. The van der Waals surface area contributed by atoms with Crippen molar-refractivity contribution >= 4 is 17.8 Å². The number of hydrogen-bond acceptors (Lipinski definition) is 5. The summed E-state index contributed by atoms with van der Waals surface area (Å²) in [6.45, 7) is 7.01. The minimum Gasteiger partial charge on any atom is -0.369 e. The lowest BCUT2D eigenvalue weighted by atomic mass is 10.2. The van der Waals surface area contributed by atoms with E-state index in [1.165, 1.54) is 5.56 Å². The molecular weight excluding hydrogens is 338 g/mol. The molecule has 0 unspecified atom stereocenters. The second-order valence-electron chi connectivity index (χ2n) is 6.62. The molecule has 0 spiro atoms. The predicted molar refractivity (Wildman–Crippen MR) is 109 cm³/mol. The van der Waals surface area contributed by atoms with E-state index >= 15 is 0 Å². The van der Waals surface area contributed by atoms with E-state index in [1.54, 1.807) is 12.4 Å². The summed E-state index contributed by atoms with van der Waals surface area (Å²) in [5.41, 5.74) is 1.62. The fourth-order valence-electron chi connectivity index (χ4n) is 2.98. The first kappa shape index (κ1) is 19.0. The Labute approximate surface area is 160 Å². The highest BCUT2D eigenvalue weighted by Crippen LogP contribution is 2.09. The maximum Gasteiger partial charge on any atom is 0.274 e. The summed E-state index contributed by atoms with van der Waals surface area (Å²) >= 11 is 0. The van der Waals surface area contributed by atoms with E-state index < -0.39 is 0 Å². The summed E-state index contributed by atoms with van der Waals surface area (Å²) in [5, 5.41) is 3.17. The van der Waals surface area contributed by atoms with E-state index in [4.69, 9.17) is 0 Å². The molecule has 6 heteroatoms. The molecule has 0 bridgehead atoms. The second kappa shape index (κ2) is 9.83. The van der Waals surface area contributed by atoms with Gasteiger partial charge >= 0.3 is 0 Å². The molecule has 0 radical (unpaired) electrons. The summed E-state index contributed by atoms with van der Waals surface area (Å²) in [6, 6.07) is 10.3. The Balaban J connectivity index is 1.45.